The van der Waals surface area contributed by atoms with E-state index in [1.54, 1.807) is 0 Å². The first-order valence-electron chi connectivity index (χ1n) is 6.98. The predicted molar refractivity (Wildman–Crippen MR) is 72.9 cm³/mol. The molecule has 0 amide bonds. The van der Waals surface area contributed by atoms with E-state index in [-0.39, 0.29) is 0 Å². The monoisotopic (exact) mass is 246 g/mol. The molecule has 1 N–H and O–H groups in total. The highest BCUT2D eigenvalue weighted by molar-refractivity contribution is 5.38. The molecule has 2 aliphatic rings. The van der Waals surface area contributed by atoms with Crippen molar-refractivity contribution in [3.63, 3.8) is 0 Å². The maximum atomic E-state index is 5.93. The highest BCUT2D eigenvalue weighted by atomic mass is 16.5. The molecule has 0 bridgehead atoms. The number of para-hydroxylation sites is 1. The topological polar surface area (TPSA) is 24.5 Å². The molecule has 3 heteroatoms. The summed E-state index contributed by atoms with van der Waals surface area (Å²) in [4.78, 5) is 2.50. The van der Waals surface area contributed by atoms with Crippen LogP contribution < -0.4 is 10.1 Å². The quantitative estimate of drug-likeness (QED) is 0.881. The Morgan fingerprint density at radius 2 is 2.11 bits per heavy atom. The summed E-state index contributed by atoms with van der Waals surface area (Å²) in [5.41, 5.74) is 1.31. The lowest BCUT2D eigenvalue weighted by Gasteiger charge is -2.39. The Bertz CT molecular complexity index is 417. The van der Waals surface area contributed by atoms with Gasteiger partial charge in [-0.25, -0.2) is 0 Å². The molecule has 0 radical (unpaired) electrons. The highest BCUT2D eigenvalue weighted by Gasteiger charge is 2.38. The van der Waals surface area contributed by atoms with Gasteiger partial charge in [-0.2, -0.15) is 0 Å². The van der Waals surface area contributed by atoms with Crippen LogP contribution in [0.4, 0.5) is 0 Å². The summed E-state index contributed by atoms with van der Waals surface area (Å²) in [6, 6.07) is 10.0. The van der Waals surface area contributed by atoms with Gasteiger partial charge in [-0.05, 0) is 32.5 Å². The van der Waals surface area contributed by atoms with Crippen LogP contribution in [0.1, 0.15) is 31.4 Å². The second-order valence-corrected chi connectivity index (χ2v) is 5.35. The maximum absolute atomic E-state index is 5.93. The molecule has 1 fully saturated rings. The van der Waals surface area contributed by atoms with E-state index in [2.05, 4.69) is 42.4 Å². The third-order valence-electron chi connectivity index (χ3n) is 4.12. The van der Waals surface area contributed by atoms with Crippen LogP contribution in [0.25, 0.3) is 0 Å². The minimum absolute atomic E-state index is 0.394. The molecule has 1 aliphatic carbocycles. The lowest BCUT2D eigenvalue weighted by Crippen LogP contribution is -2.49. The number of nitrogens with one attached hydrogen (secondary N) is 1. The van der Waals surface area contributed by atoms with Gasteiger partial charge in [0.05, 0.1) is 12.1 Å². The molecule has 1 heterocycles. The predicted octanol–water partition coefficient (Wildman–Crippen LogP) is 2.19. The summed E-state index contributed by atoms with van der Waals surface area (Å²) in [7, 11) is 2.24. The number of nitrogens with zero attached hydrogens (tertiary/aromatic N) is 1. The van der Waals surface area contributed by atoms with E-state index >= 15 is 0 Å². The first-order chi connectivity index (χ1) is 8.81. The third kappa shape index (κ3) is 2.13. The average Bonchev–Trinajstić information content (AvgIpc) is 3.23. The second kappa shape index (κ2) is 4.90. The molecular formula is C15H22N2O. The van der Waals surface area contributed by atoms with Crippen LogP contribution in [0, 0.1) is 0 Å². The standard InChI is InChI=1S/C15H22N2O/c1-3-16-15-12-6-4-5-7-14(12)18-10-13(15)17(2)11-8-9-11/h4-7,11,13,15-16H,3,8-10H2,1-2H3. The fourth-order valence-corrected chi connectivity index (χ4v) is 2.92. The third-order valence-corrected chi connectivity index (χ3v) is 4.12. The van der Waals surface area contributed by atoms with Crippen molar-refractivity contribution in [1.82, 2.24) is 10.2 Å². The zero-order valence-corrected chi connectivity index (χ0v) is 11.2. The fourth-order valence-electron chi connectivity index (χ4n) is 2.92. The van der Waals surface area contributed by atoms with Gasteiger partial charge in [0.2, 0.25) is 0 Å². The van der Waals surface area contributed by atoms with Gasteiger partial charge in [0.1, 0.15) is 12.4 Å². The molecular weight excluding hydrogens is 224 g/mol. The number of rotatable bonds is 4. The first-order valence-corrected chi connectivity index (χ1v) is 6.98. The van der Waals surface area contributed by atoms with Crippen molar-refractivity contribution in [3.8, 4) is 5.75 Å². The zero-order valence-electron chi connectivity index (χ0n) is 11.2. The summed E-state index contributed by atoms with van der Waals surface area (Å²) in [5.74, 6) is 1.05. The van der Waals surface area contributed by atoms with Crippen LogP contribution in [0.3, 0.4) is 0 Å². The number of likely N-dealkylation sites (N-methyl/N-ethyl adjacent to an activating group) is 2. The fraction of sp³-hybridized carbons (Fsp3) is 0.600. The van der Waals surface area contributed by atoms with Gasteiger partial charge in [-0.3, -0.25) is 4.90 Å². The van der Waals surface area contributed by atoms with E-state index in [1.165, 1.54) is 18.4 Å². The Kier molecular flexibility index (Phi) is 3.27. The van der Waals surface area contributed by atoms with Gasteiger partial charge >= 0.3 is 0 Å². The highest BCUT2D eigenvalue weighted by Crippen LogP contribution is 2.37. The first kappa shape index (κ1) is 12.0. The minimum atomic E-state index is 0.394. The van der Waals surface area contributed by atoms with Crippen molar-refractivity contribution >= 4 is 0 Å². The molecule has 1 aliphatic heterocycles. The Morgan fingerprint density at radius 3 is 2.83 bits per heavy atom. The van der Waals surface area contributed by atoms with E-state index in [0.29, 0.717) is 12.1 Å². The summed E-state index contributed by atoms with van der Waals surface area (Å²) in [5, 5.41) is 3.63. The number of fused-ring (bicyclic) bond motifs is 1. The number of ether oxygens (including phenoxy) is 1. The van der Waals surface area contributed by atoms with Gasteiger partial charge in [0.15, 0.2) is 0 Å². The molecule has 3 rings (SSSR count). The molecule has 0 saturated heterocycles. The molecule has 18 heavy (non-hydrogen) atoms. The van der Waals surface area contributed by atoms with Crippen molar-refractivity contribution in [2.24, 2.45) is 0 Å². The van der Waals surface area contributed by atoms with E-state index < -0.39 is 0 Å². The molecule has 1 aromatic carbocycles. The van der Waals surface area contributed by atoms with Gasteiger partial charge in [-0.15, -0.1) is 0 Å². The van der Waals surface area contributed by atoms with Crippen molar-refractivity contribution < 1.29 is 4.74 Å². The van der Waals surface area contributed by atoms with Crippen LogP contribution >= 0.6 is 0 Å². The van der Waals surface area contributed by atoms with Gasteiger partial charge < -0.3 is 10.1 Å². The average molecular weight is 246 g/mol. The Balaban J connectivity index is 1.87. The Morgan fingerprint density at radius 1 is 1.33 bits per heavy atom. The van der Waals surface area contributed by atoms with Crippen molar-refractivity contribution in [3.05, 3.63) is 29.8 Å². The number of hydrogen-bond donors (Lipinski definition) is 1. The SMILES string of the molecule is CCNC1c2ccccc2OCC1N(C)C1CC1. The number of benzene rings is 1. The van der Waals surface area contributed by atoms with E-state index in [1.807, 2.05) is 6.07 Å². The van der Waals surface area contributed by atoms with Crippen molar-refractivity contribution in [2.45, 2.75) is 37.9 Å². The molecule has 2 atom stereocenters. The lowest BCUT2D eigenvalue weighted by molar-refractivity contribution is 0.101. The van der Waals surface area contributed by atoms with Crippen molar-refractivity contribution in [1.29, 1.82) is 0 Å². The zero-order chi connectivity index (χ0) is 12.5. The molecule has 1 saturated carbocycles. The summed E-state index contributed by atoms with van der Waals surface area (Å²) in [6.45, 7) is 3.96. The van der Waals surface area contributed by atoms with Crippen LogP contribution in [0.2, 0.25) is 0 Å². The molecule has 0 spiro atoms. The molecule has 0 aromatic heterocycles. The minimum Gasteiger partial charge on any atom is -0.492 e. The summed E-state index contributed by atoms with van der Waals surface area (Å²) < 4.78 is 5.93. The molecule has 98 valence electrons. The van der Waals surface area contributed by atoms with Crippen LogP contribution in [-0.4, -0.2) is 37.2 Å². The van der Waals surface area contributed by atoms with Crippen LogP contribution in [-0.2, 0) is 0 Å². The lowest BCUT2D eigenvalue weighted by atomic mass is 9.95. The molecule has 2 unspecified atom stereocenters. The maximum Gasteiger partial charge on any atom is 0.124 e. The Hall–Kier alpha value is -1.06. The number of hydrogen-bond acceptors (Lipinski definition) is 3. The summed E-state index contributed by atoms with van der Waals surface area (Å²) in [6.07, 6.45) is 2.68. The van der Waals surface area contributed by atoms with E-state index in [9.17, 15) is 0 Å². The van der Waals surface area contributed by atoms with Crippen LogP contribution in [0.5, 0.6) is 5.75 Å². The molecule has 1 aromatic rings. The summed E-state index contributed by atoms with van der Waals surface area (Å²) >= 11 is 0. The van der Waals surface area contributed by atoms with Crippen molar-refractivity contribution in [2.75, 3.05) is 20.2 Å². The van der Waals surface area contributed by atoms with E-state index in [0.717, 1.165) is 24.9 Å². The van der Waals surface area contributed by atoms with Gasteiger partial charge in [-0.1, -0.05) is 25.1 Å². The van der Waals surface area contributed by atoms with Crippen LogP contribution in [0.15, 0.2) is 24.3 Å². The second-order valence-electron chi connectivity index (χ2n) is 5.35. The Labute approximate surface area is 109 Å². The van der Waals surface area contributed by atoms with E-state index in [4.69, 9.17) is 4.74 Å². The largest absolute Gasteiger partial charge is 0.492 e. The van der Waals surface area contributed by atoms with Gasteiger partial charge in [0.25, 0.3) is 0 Å². The normalized spacial score (nSPS) is 26.8. The smallest absolute Gasteiger partial charge is 0.124 e. The van der Waals surface area contributed by atoms with Gasteiger partial charge in [0, 0.05) is 11.6 Å². The molecule has 3 nitrogen and oxygen atoms in total.